The quantitative estimate of drug-likeness (QED) is 0.702. The molecule has 0 radical (unpaired) electrons. The fourth-order valence-electron chi connectivity index (χ4n) is 2.95. The molecule has 1 aliphatic heterocycles. The normalized spacial score (nSPS) is 25.6. The van der Waals surface area contributed by atoms with Crippen LogP contribution in [-0.2, 0) is 25.6 Å². The number of esters is 1. The zero-order valence-corrected chi connectivity index (χ0v) is 15.9. The summed E-state index contributed by atoms with van der Waals surface area (Å²) in [6.45, 7) is 3.96. The van der Waals surface area contributed by atoms with Crippen LogP contribution in [0.25, 0.3) is 0 Å². The van der Waals surface area contributed by atoms with Gasteiger partial charge in [0.15, 0.2) is 0 Å². The average Bonchev–Trinajstić information content (AvgIpc) is 2.64. The molecule has 5 heteroatoms. The molecular formula is C21H24O4S. The molecular weight excluding hydrogens is 348 g/mol. The van der Waals surface area contributed by atoms with Crippen LogP contribution in [0.2, 0.25) is 0 Å². The van der Waals surface area contributed by atoms with E-state index >= 15 is 0 Å². The Balaban J connectivity index is 1.64. The summed E-state index contributed by atoms with van der Waals surface area (Å²) >= 11 is 1.58. The number of carbonyl (C=O) groups excluding carboxylic acids is 1. The van der Waals surface area contributed by atoms with Crippen molar-refractivity contribution in [2.45, 2.75) is 55.5 Å². The lowest BCUT2D eigenvalue weighted by atomic mass is 10.0. The fraction of sp³-hybridized carbons (Fsp3) is 0.381. The predicted molar refractivity (Wildman–Crippen MR) is 102 cm³/mol. The Hall–Kier alpha value is -1.82. The van der Waals surface area contributed by atoms with Gasteiger partial charge in [-0.05, 0) is 24.6 Å². The third-order valence-corrected chi connectivity index (χ3v) is 5.45. The third kappa shape index (κ3) is 5.34. The summed E-state index contributed by atoms with van der Waals surface area (Å²) in [5, 5.41) is 0. The van der Waals surface area contributed by atoms with Gasteiger partial charge in [0.25, 0.3) is 0 Å². The molecule has 0 amide bonds. The highest BCUT2D eigenvalue weighted by atomic mass is 32.2. The maximum absolute atomic E-state index is 11.5. The third-order valence-electron chi connectivity index (χ3n) is 4.26. The molecule has 4 atom stereocenters. The molecule has 1 unspecified atom stereocenters. The second-order valence-electron chi connectivity index (χ2n) is 6.36. The largest absolute Gasteiger partial charge is 0.459 e. The van der Waals surface area contributed by atoms with E-state index in [0.717, 1.165) is 10.5 Å². The Labute approximate surface area is 158 Å². The van der Waals surface area contributed by atoms with E-state index in [1.165, 1.54) is 6.92 Å². The van der Waals surface area contributed by atoms with E-state index < -0.39 is 0 Å². The summed E-state index contributed by atoms with van der Waals surface area (Å²) in [5.74, 6) is -0.298. The standard InChI is InChI=1S/C21H24O4S/c1-15-19(23-14-17-9-5-3-6-10-17)13-20(25-16(2)22)21(24-15)26-18-11-7-4-8-12-18/h3-12,15,19-21H,13-14H2,1-2H3/t15-,19-,20-,21?/m1/s1. The molecule has 4 nitrogen and oxygen atoms in total. The lowest BCUT2D eigenvalue weighted by molar-refractivity contribution is -0.180. The van der Waals surface area contributed by atoms with Gasteiger partial charge >= 0.3 is 5.97 Å². The summed E-state index contributed by atoms with van der Waals surface area (Å²) in [5.41, 5.74) is 0.873. The average molecular weight is 372 g/mol. The molecule has 1 fully saturated rings. The zero-order chi connectivity index (χ0) is 18.4. The number of hydrogen-bond donors (Lipinski definition) is 0. The van der Waals surface area contributed by atoms with Crippen LogP contribution >= 0.6 is 11.8 Å². The number of ether oxygens (including phenoxy) is 3. The Morgan fingerprint density at radius 1 is 1.08 bits per heavy atom. The lowest BCUT2D eigenvalue weighted by Crippen LogP contribution is -2.47. The Kier molecular flexibility index (Phi) is 6.72. The molecule has 1 heterocycles. The van der Waals surface area contributed by atoms with Crippen molar-refractivity contribution < 1.29 is 19.0 Å². The zero-order valence-electron chi connectivity index (χ0n) is 15.0. The van der Waals surface area contributed by atoms with Crippen molar-refractivity contribution in [1.29, 1.82) is 0 Å². The summed E-state index contributed by atoms with van der Waals surface area (Å²) in [7, 11) is 0. The number of thioether (sulfide) groups is 1. The van der Waals surface area contributed by atoms with E-state index in [9.17, 15) is 4.79 Å². The topological polar surface area (TPSA) is 44.8 Å². The Bertz CT molecular complexity index is 692. The second-order valence-corrected chi connectivity index (χ2v) is 7.53. The molecule has 0 N–H and O–H groups in total. The van der Waals surface area contributed by atoms with Gasteiger partial charge in [0.2, 0.25) is 0 Å². The number of carbonyl (C=O) groups is 1. The van der Waals surface area contributed by atoms with Crippen molar-refractivity contribution in [2.75, 3.05) is 0 Å². The van der Waals surface area contributed by atoms with Crippen molar-refractivity contribution >= 4 is 17.7 Å². The first-order valence-corrected chi connectivity index (χ1v) is 9.69. The molecule has 3 rings (SSSR count). The molecule has 26 heavy (non-hydrogen) atoms. The van der Waals surface area contributed by atoms with Crippen LogP contribution in [0.1, 0.15) is 25.8 Å². The minimum absolute atomic E-state index is 0.0771. The molecule has 138 valence electrons. The van der Waals surface area contributed by atoms with E-state index in [1.54, 1.807) is 11.8 Å². The summed E-state index contributed by atoms with van der Waals surface area (Å²) < 4.78 is 17.8. The van der Waals surface area contributed by atoms with Crippen LogP contribution in [0, 0.1) is 0 Å². The molecule has 0 aromatic heterocycles. The van der Waals surface area contributed by atoms with Gasteiger partial charge in [-0.3, -0.25) is 4.79 Å². The maximum Gasteiger partial charge on any atom is 0.303 e. The Morgan fingerprint density at radius 2 is 1.73 bits per heavy atom. The van der Waals surface area contributed by atoms with Gasteiger partial charge in [-0.1, -0.05) is 60.3 Å². The smallest absolute Gasteiger partial charge is 0.303 e. The molecule has 1 aliphatic rings. The van der Waals surface area contributed by atoms with Crippen molar-refractivity contribution in [3.8, 4) is 0 Å². The molecule has 0 saturated carbocycles. The predicted octanol–water partition coefficient (Wildman–Crippen LogP) is 4.43. The van der Waals surface area contributed by atoms with Crippen molar-refractivity contribution in [3.05, 3.63) is 66.2 Å². The van der Waals surface area contributed by atoms with Crippen LogP contribution in [0.4, 0.5) is 0 Å². The highest BCUT2D eigenvalue weighted by Crippen LogP contribution is 2.35. The van der Waals surface area contributed by atoms with Gasteiger partial charge in [-0.15, -0.1) is 0 Å². The van der Waals surface area contributed by atoms with E-state index in [2.05, 4.69) is 0 Å². The van der Waals surface area contributed by atoms with E-state index in [-0.39, 0.29) is 29.7 Å². The maximum atomic E-state index is 11.5. The molecule has 2 aromatic carbocycles. The van der Waals surface area contributed by atoms with Crippen LogP contribution in [0.3, 0.4) is 0 Å². The molecule has 2 aromatic rings. The SMILES string of the molecule is CC(=O)O[C@@H]1C[C@@H](OCc2ccccc2)[C@@H](C)OC1Sc1ccccc1. The lowest BCUT2D eigenvalue weighted by Gasteiger charge is -2.39. The minimum Gasteiger partial charge on any atom is -0.459 e. The minimum atomic E-state index is -0.338. The van der Waals surface area contributed by atoms with Gasteiger partial charge in [0, 0.05) is 18.2 Å². The van der Waals surface area contributed by atoms with Crippen molar-refractivity contribution in [3.63, 3.8) is 0 Å². The number of benzene rings is 2. The van der Waals surface area contributed by atoms with Crippen LogP contribution < -0.4 is 0 Å². The first-order chi connectivity index (χ1) is 12.6. The molecule has 1 saturated heterocycles. The first-order valence-electron chi connectivity index (χ1n) is 8.81. The van der Waals surface area contributed by atoms with E-state index in [1.807, 2.05) is 67.6 Å². The highest BCUT2D eigenvalue weighted by Gasteiger charge is 2.39. The second kappa shape index (κ2) is 9.21. The summed E-state index contributed by atoms with van der Waals surface area (Å²) in [6, 6.07) is 20.0. The highest BCUT2D eigenvalue weighted by molar-refractivity contribution is 7.99. The van der Waals surface area contributed by atoms with E-state index in [4.69, 9.17) is 14.2 Å². The number of hydrogen-bond acceptors (Lipinski definition) is 5. The van der Waals surface area contributed by atoms with Gasteiger partial charge in [0.05, 0.1) is 18.8 Å². The molecule has 0 bridgehead atoms. The molecule has 0 aliphatic carbocycles. The number of rotatable bonds is 6. The fourth-order valence-corrected chi connectivity index (χ4v) is 4.09. The monoisotopic (exact) mass is 372 g/mol. The van der Waals surface area contributed by atoms with Gasteiger partial charge in [-0.25, -0.2) is 0 Å². The van der Waals surface area contributed by atoms with Crippen molar-refractivity contribution in [2.24, 2.45) is 0 Å². The van der Waals surface area contributed by atoms with Crippen LogP contribution in [0.15, 0.2) is 65.6 Å². The van der Waals surface area contributed by atoms with Gasteiger partial charge in [-0.2, -0.15) is 0 Å². The van der Waals surface area contributed by atoms with Crippen molar-refractivity contribution in [1.82, 2.24) is 0 Å². The van der Waals surface area contributed by atoms with Gasteiger partial charge in [0.1, 0.15) is 11.5 Å². The van der Waals surface area contributed by atoms with Crippen LogP contribution in [0.5, 0.6) is 0 Å². The molecule has 0 spiro atoms. The van der Waals surface area contributed by atoms with E-state index in [0.29, 0.717) is 13.0 Å². The summed E-state index contributed by atoms with van der Waals surface area (Å²) in [6.07, 6.45) is 0.0894. The summed E-state index contributed by atoms with van der Waals surface area (Å²) in [4.78, 5) is 12.6. The Morgan fingerprint density at radius 3 is 2.38 bits per heavy atom. The van der Waals surface area contributed by atoms with Gasteiger partial charge < -0.3 is 14.2 Å². The first kappa shape index (κ1) is 19.0. The van der Waals surface area contributed by atoms with Crippen LogP contribution in [-0.4, -0.2) is 29.7 Å².